The SMILES string of the molecule is c1ccc(C2Cc3c(cc4sc5ccccc5c4c3-c3c4ccccc4c(-c4cccc5ccccc45)c4ccccc34)S2)cc1. The molecule has 0 fully saturated rings. The summed E-state index contributed by atoms with van der Waals surface area (Å²) in [5, 5.41) is 11.0. The first-order valence-corrected chi connectivity index (χ1v) is 17.6. The van der Waals surface area contributed by atoms with Crippen LogP contribution in [0, 0.1) is 0 Å². The number of benzene rings is 8. The predicted molar refractivity (Wildman–Crippen MR) is 201 cm³/mol. The Hall–Kier alpha value is -4.89. The van der Waals surface area contributed by atoms with Crippen molar-refractivity contribution in [2.75, 3.05) is 0 Å². The summed E-state index contributed by atoms with van der Waals surface area (Å²) in [7, 11) is 0. The summed E-state index contributed by atoms with van der Waals surface area (Å²) in [5.41, 5.74) is 8.30. The van der Waals surface area contributed by atoms with Gasteiger partial charge in [0.1, 0.15) is 0 Å². The molecule has 0 radical (unpaired) electrons. The second kappa shape index (κ2) is 10.3. The Kier molecular flexibility index (Phi) is 5.91. The highest BCUT2D eigenvalue weighted by Crippen LogP contribution is 2.56. The highest BCUT2D eigenvalue weighted by atomic mass is 32.2. The Morgan fingerprint density at radius 2 is 1.04 bits per heavy atom. The lowest BCUT2D eigenvalue weighted by Gasteiger charge is -2.21. The molecule has 0 bridgehead atoms. The number of thiophene rings is 1. The van der Waals surface area contributed by atoms with Gasteiger partial charge >= 0.3 is 0 Å². The second-order valence-electron chi connectivity index (χ2n) is 12.3. The molecular formula is C44H28S2. The van der Waals surface area contributed by atoms with E-state index in [9.17, 15) is 0 Å². The summed E-state index contributed by atoms with van der Waals surface area (Å²) in [6, 6.07) is 56.4. The zero-order valence-electron chi connectivity index (χ0n) is 25.0. The summed E-state index contributed by atoms with van der Waals surface area (Å²) in [5.74, 6) is 0. The van der Waals surface area contributed by atoms with Gasteiger partial charge in [-0.2, -0.15) is 0 Å². The van der Waals surface area contributed by atoms with Crippen LogP contribution in [0.3, 0.4) is 0 Å². The summed E-state index contributed by atoms with van der Waals surface area (Å²) < 4.78 is 2.73. The summed E-state index contributed by atoms with van der Waals surface area (Å²) in [6.07, 6.45) is 1.02. The summed E-state index contributed by atoms with van der Waals surface area (Å²) in [6.45, 7) is 0. The van der Waals surface area contributed by atoms with Gasteiger partial charge in [-0.15, -0.1) is 23.1 Å². The van der Waals surface area contributed by atoms with Crippen LogP contribution in [0.25, 0.3) is 74.7 Å². The van der Waals surface area contributed by atoms with E-state index in [1.165, 1.54) is 90.8 Å². The quantitative estimate of drug-likeness (QED) is 0.177. The Bertz CT molecular complexity index is 2580. The standard InChI is InChI=1S/C44H28S2/c1-2-14-28(15-3-1)38-25-36-39(46-38)26-40-43(35-22-10-11-24-37(35)45-40)44(36)42-33-20-8-6-18-31(33)41(32-19-7-9-21-34(32)42)30-23-12-16-27-13-4-5-17-29(27)30/h1-24,26,38H,25H2. The molecule has 1 atom stereocenters. The van der Waals surface area contributed by atoms with Crippen molar-refractivity contribution in [1.29, 1.82) is 0 Å². The van der Waals surface area contributed by atoms with E-state index < -0.39 is 0 Å². The maximum atomic E-state index is 2.49. The molecule has 46 heavy (non-hydrogen) atoms. The van der Waals surface area contributed by atoms with Crippen LogP contribution in [0.2, 0.25) is 0 Å². The fourth-order valence-electron chi connectivity index (χ4n) is 7.85. The molecule has 0 N–H and O–H groups in total. The van der Waals surface area contributed by atoms with E-state index in [0.29, 0.717) is 5.25 Å². The molecule has 2 heterocycles. The second-order valence-corrected chi connectivity index (χ2v) is 14.6. The monoisotopic (exact) mass is 620 g/mol. The molecule has 216 valence electrons. The number of hydrogen-bond acceptors (Lipinski definition) is 2. The van der Waals surface area contributed by atoms with Gasteiger partial charge in [-0.3, -0.25) is 0 Å². The third-order valence-electron chi connectivity index (χ3n) is 9.80. The molecular weight excluding hydrogens is 593 g/mol. The number of rotatable bonds is 3. The molecule has 10 rings (SSSR count). The lowest BCUT2D eigenvalue weighted by molar-refractivity contribution is 0.954. The van der Waals surface area contributed by atoms with Crippen molar-refractivity contribution < 1.29 is 0 Å². The van der Waals surface area contributed by atoms with Crippen LogP contribution in [-0.4, -0.2) is 0 Å². The zero-order valence-corrected chi connectivity index (χ0v) is 26.7. The van der Waals surface area contributed by atoms with Crippen molar-refractivity contribution in [2.45, 2.75) is 16.6 Å². The number of thioether (sulfide) groups is 1. The van der Waals surface area contributed by atoms with Gasteiger partial charge in [-0.05, 0) is 84.3 Å². The zero-order chi connectivity index (χ0) is 30.2. The van der Waals surface area contributed by atoms with Gasteiger partial charge in [0.05, 0.1) is 0 Å². The third-order valence-corrected chi connectivity index (χ3v) is 12.3. The normalized spacial score (nSPS) is 14.6. The number of hydrogen-bond donors (Lipinski definition) is 0. The molecule has 0 saturated carbocycles. The minimum Gasteiger partial charge on any atom is -0.135 e. The van der Waals surface area contributed by atoms with Crippen LogP contribution in [0.1, 0.15) is 16.4 Å². The number of fused-ring (bicyclic) bond motifs is 7. The average Bonchev–Trinajstić information content (AvgIpc) is 3.71. The molecule has 1 aliphatic heterocycles. The smallest absolute Gasteiger partial charge is 0.0385 e. The van der Waals surface area contributed by atoms with Gasteiger partial charge in [0, 0.05) is 30.3 Å². The molecule has 0 spiro atoms. The lowest BCUT2D eigenvalue weighted by atomic mass is 9.82. The average molecular weight is 621 g/mol. The summed E-state index contributed by atoms with van der Waals surface area (Å²) >= 11 is 3.97. The van der Waals surface area contributed by atoms with Crippen molar-refractivity contribution in [3.63, 3.8) is 0 Å². The molecule has 1 unspecified atom stereocenters. The topological polar surface area (TPSA) is 0 Å². The Morgan fingerprint density at radius 3 is 1.78 bits per heavy atom. The molecule has 0 saturated heterocycles. The van der Waals surface area contributed by atoms with Crippen LogP contribution < -0.4 is 0 Å². The highest BCUT2D eigenvalue weighted by Gasteiger charge is 2.31. The van der Waals surface area contributed by atoms with Gasteiger partial charge in [0.2, 0.25) is 0 Å². The van der Waals surface area contributed by atoms with Crippen LogP contribution in [0.5, 0.6) is 0 Å². The molecule has 1 aromatic heterocycles. The molecule has 8 aromatic carbocycles. The Labute approximate surface area is 275 Å². The van der Waals surface area contributed by atoms with E-state index in [-0.39, 0.29) is 0 Å². The van der Waals surface area contributed by atoms with E-state index in [1.807, 2.05) is 23.1 Å². The van der Waals surface area contributed by atoms with Gasteiger partial charge in [0.15, 0.2) is 0 Å². The van der Waals surface area contributed by atoms with Crippen molar-refractivity contribution in [1.82, 2.24) is 0 Å². The Balaban J connectivity index is 1.37. The van der Waals surface area contributed by atoms with Crippen LogP contribution in [-0.2, 0) is 6.42 Å². The van der Waals surface area contributed by atoms with Gasteiger partial charge in [-0.1, -0.05) is 140 Å². The minimum atomic E-state index is 0.408. The van der Waals surface area contributed by atoms with E-state index >= 15 is 0 Å². The lowest BCUT2D eigenvalue weighted by Crippen LogP contribution is -1.97. The molecule has 9 aromatic rings. The van der Waals surface area contributed by atoms with Crippen molar-refractivity contribution in [3.05, 3.63) is 163 Å². The van der Waals surface area contributed by atoms with Crippen molar-refractivity contribution >= 4 is 75.6 Å². The maximum Gasteiger partial charge on any atom is 0.0385 e. The van der Waals surface area contributed by atoms with Crippen molar-refractivity contribution in [2.24, 2.45) is 0 Å². The fraction of sp³-hybridized carbons (Fsp3) is 0.0455. The van der Waals surface area contributed by atoms with E-state index in [1.54, 1.807) is 0 Å². The van der Waals surface area contributed by atoms with Crippen LogP contribution in [0.15, 0.2) is 157 Å². The first-order valence-electron chi connectivity index (χ1n) is 15.9. The first-order chi connectivity index (χ1) is 22.8. The molecule has 0 aliphatic carbocycles. The highest BCUT2D eigenvalue weighted by molar-refractivity contribution is 8.00. The van der Waals surface area contributed by atoms with Crippen molar-refractivity contribution in [3.8, 4) is 22.3 Å². The van der Waals surface area contributed by atoms with Gasteiger partial charge in [-0.25, -0.2) is 0 Å². The van der Waals surface area contributed by atoms with E-state index in [0.717, 1.165) is 6.42 Å². The summed E-state index contributed by atoms with van der Waals surface area (Å²) in [4.78, 5) is 1.43. The fourth-order valence-corrected chi connectivity index (χ4v) is 10.4. The van der Waals surface area contributed by atoms with Crippen LogP contribution in [0.4, 0.5) is 0 Å². The molecule has 2 heteroatoms. The largest absolute Gasteiger partial charge is 0.135 e. The molecule has 0 amide bonds. The molecule has 0 nitrogen and oxygen atoms in total. The first kappa shape index (κ1) is 26.3. The van der Waals surface area contributed by atoms with E-state index in [2.05, 4.69) is 152 Å². The molecule has 1 aliphatic rings. The minimum absolute atomic E-state index is 0.408. The van der Waals surface area contributed by atoms with E-state index in [4.69, 9.17) is 0 Å². The van der Waals surface area contributed by atoms with Crippen LogP contribution >= 0.6 is 23.1 Å². The predicted octanol–water partition coefficient (Wildman–Crippen LogP) is 13.2. The van der Waals surface area contributed by atoms with Gasteiger partial charge < -0.3 is 0 Å². The maximum absolute atomic E-state index is 2.49. The Morgan fingerprint density at radius 1 is 0.457 bits per heavy atom. The van der Waals surface area contributed by atoms with Gasteiger partial charge in [0.25, 0.3) is 0 Å². The third kappa shape index (κ3) is 3.87.